The van der Waals surface area contributed by atoms with Crippen LogP contribution in [-0.2, 0) is 55.8 Å². The van der Waals surface area contributed by atoms with Crippen LogP contribution in [0, 0.1) is 0 Å². The summed E-state index contributed by atoms with van der Waals surface area (Å²) in [5.74, 6) is -1.74. The zero-order valence-electron chi connectivity index (χ0n) is 55.2. The van der Waals surface area contributed by atoms with Gasteiger partial charge in [-0.2, -0.15) is 0 Å². The molecule has 0 aliphatic heterocycles. The van der Waals surface area contributed by atoms with Crippen molar-refractivity contribution in [2.24, 2.45) is 0 Å². The van der Waals surface area contributed by atoms with Crippen LogP contribution in [0.25, 0.3) is 0 Å². The van der Waals surface area contributed by atoms with Crippen molar-refractivity contribution in [2.75, 3.05) is 39.6 Å². The fraction of sp³-hybridized carbons (Fsp3) is 0.548. The van der Waals surface area contributed by atoms with Crippen molar-refractivity contribution in [2.45, 2.75) is 219 Å². The van der Waals surface area contributed by atoms with Crippen LogP contribution < -0.4 is 0 Å². The van der Waals surface area contributed by atoms with Gasteiger partial charge in [-0.05, 0) is 141 Å². The molecule has 4 N–H and O–H groups in total. The third-order valence-corrected chi connectivity index (χ3v) is 14.5. The number of allylic oxidation sites excluding steroid dienone is 30. The molecule has 0 saturated carbocycles. The minimum absolute atomic E-state index is 0.0521. The number of phosphoric acid groups is 2. The molecule has 0 aromatic rings. The number of hydrogen-bond donors (Lipinski definition) is 4. The van der Waals surface area contributed by atoms with E-state index in [1.165, 1.54) is 0 Å². The molecule has 0 aromatic carbocycles. The third-order valence-electron chi connectivity index (χ3n) is 12.6. The van der Waals surface area contributed by atoms with Gasteiger partial charge in [0.1, 0.15) is 25.4 Å². The lowest BCUT2D eigenvalue weighted by molar-refractivity contribution is -0.161. The molecular weight excluding hydrogens is 1190 g/mol. The summed E-state index contributed by atoms with van der Waals surface area (Å²) < 4.78 is 60.7. The lowest BCUT2D eigenvalue weighted by Crippen LogP contribution is -2.30. The Kier molecular flexibility index (Phi) is 60.9. The van der Waals surface area contributed by atoms with E-state index in [1.54, 1.807) is 0 Å². The lowest BCUT2D eigenvalue weighted by atomic mass is 10.1. The standard InChI is InChI=1S/C73H114O16P2/c1-4-7-10-13-16-19-22-25-28-31-33-36-38-41-44-47-50-53-56-59-71(76)83-62-68(74)63-85-90(79,80)86-64-69(75)65-87-91(81,82)88-67-70(89-73(78)61-58-55-52-49-46-43-40-35-30-27-24-21-18-15-12-9-6-3)66-84-72(77)60-57-54-51-48-45-42-39-37-34-32-29-26-23-20-17-14-11-8-5-2/h7-12,16-21,25-30,33-34,36-37,40-45,50,53,68-70,74-75H,4-6,13-15,22-24,31-32,35,38-39,46-49,51-52,54-67H2,1-3H3,(H,79,80)(H,81,82)/b10-7-,11-8-,12-9-,19-16-,20-17-,21-18-,28-25-,29-26-,30-27-,36-33-,37-34-,43-40-,44-41-,45-42-,53-50-. The predicted molar refractivity (Wildman–Crippen MR) is 371 cm³/mol. The Bertz CT molecular complexity index is 2390. The molecule has 0 heterocycles. The number of hydrogen-bond acceptors (Lipinski definition) is 14. The number of phosphoric ester groups is 2. The van der Waals surface area contributed by atoms with Gasteiger partial charge in [-0.3, -0.25) is 32.5 Å². The predicted octanol–water partition coefficient (Wildman–Crippen LogP) is 18.3. The minimum Gasteiger partial charge on any atom is -0.463 e. The van der Waals surface area contributed by atoms with Gasteiger partial charge in [-0.25, -0.2) is 9.13 Å². The molecule has 0 rings (SSSR count). The average molecular weight is 1310 g/mol. The second-order valence-electron chi connectivity index (χ2n) is 21.1. The number of aliphatic hydroxyl groups excluding tert-OH is 2. The summed E-state index contributed by atoms with van der Waals surface area (Å²) in [6.07, 6.45) is 81.0. The second kappa shape index (κ2) is 64.7. The van der Waals surface area contributed by atoms with Crippen LogP contribution >= 0.6 is 15.6 Å². The molecule has 91 heavy (non-hydrogen) atoms. The van der Waals surface area contributed by atoms with E-state index in [1.807, 2.05) is 18.2 Å². The lowest BCUT2D eigenvalue weighted by Gasteiger charge is -2.21. The molecule has 0 radical (unpaired) electrons. The quantitative estimate of drug-likeness (QED) is 0.0146. The molecular formula is C73H114O16P2. The smallest absolute Gasteiger partial charge is 0.463 e. The van der Waals surface area contributed by atoms with Gasteiger partial charge >= 0.3 is 33.6 Å². The summed E-state index contributed by atoms with van der Waals surface area (Å²) >= 11 is 0. The fourth-order valence-corrected chi connectivity index (χ4v) is 9.25. The van der Waals surface area contributed by atoms with Crippen molar-refractivity contribution >= 4 is 33.6 Å². The Balaban J connectivity index is 4.87. The molecule has 0 bridgehead atoms. The monoisotopic (exact) mass is 1310 g/mol. The average Bonchev–Trinajstić information content (AvgIpc) is 3.02. The highest BCUT2D eigenvalue weighted by Gasteiger charge is 2.29. The molecule has 0 aliphatic carbocycles. The molecule has 0 aliphatic rings. The summed E-state index contributed by atoms with van der Waals surface area (Å²) in [7, 11) is -9.83. The van der Waals surface area contributed by atoms with E-state index in [-0.39, 0.29) is 19.3 Å². The van der Waals surface area contributed by atoms with Crippen LogP contribution in [0.3, 0.4) is 0 Å². The van der Waals surface area contributed by atoms with E-state index >= 15 is 0 Å². The number of carbonyl (C=O) groups is 3. The summed E-state index contributed by atoms with van der Waals surface area (Å²) in [4.78, 5) is 58.3. The molecule has 16 nitrogen and oxygen atoms in total. The van der Waals surface area contributed by atoms with Crippen LogP contribution in [0.1, 0.15) is 201 Å². The zero-order chi connectivity index (χ0) is 66.7. The van der Waals surface area contributed by atoms with Gasteiger partial charge in [0.15, 0.2) is 6.10 Å². The summed E-state index contributed by atoms with van der Waals surface area (Å²) in [5, 5.41) is 20.5. The number of aliphatic hydroxyl groups is 2. The highest BCUT2D eigenvalue weighted by atomic mass is 31.2. The first-order valence-corrected chi connectivity index (χ1v) is 36.1. The van der Waals surface area contributed by atoms with Gasteiger partial charge in [0, 0.05) is 19.3 Å². The largest absolute Gasteiger partial charge is 0.472 e. The first kappa shape index (κ1) is 85.7. The Morgan fingerprint density at radius 2 is 0.571 bits per heavy atom. The SMILES string of the molecule is CC/C=C\C/C=C\C/C=C\C/C=C\C/C=C\C/C=C\CCC(=O)OCC(O)COP(=O)(O)OCC(O)COP(=O)(O)OCC(COC(=O)CCCCC/C=C\C/C=C\C/C=C\C/C=C\C/C=C\CC)OC(=O)CCCCCC/C=C\C/C=C\C/C=C\C/C=C\CC. The van der Waals surface area contributed by atoms with Crippen LogP contribution in [0.4, 0.5) is 0 Å². The Hall–Kier alpha value is -5.35. The summed E-state index contributed by atoms with van der Waals surface area (Å²) in [6.45, 7) is 2.11. The Morgan fingerprint density at radius 1 is 0.308 bits per heavy atom. The topological polar surface area (TPSA) is 231 Å². The molecule has 0 amide bonds. The van der Waals surface area contributed by atoms with Crippen molar-refractivity contribution in [3.63, 3.8) is 0 Å². The van der Waals surface area contributed by atoms with E-state index in [2.05, 4.69) is 185 Å². The maximum atomic E-state index is 12.9. The highest BCUT2D eigenvalue weighted by molar-refractivity contribution is 7.47. The van der Waals surface area contributed by atoms with E-state index in [0.717, 1.165) is 135 Å². The number of rotatable bonds is 60. The van der Waals surface area contributed by atoms with Crippen molar-refractivity contribution in [3.8, 4) is 0 Å². The van der Waals surface area contributed by atoms with Crippen LogP contribution in [0.2, 0.25) is 0 Å². The van der Waals surface area contributed by atoms with Crippen LogP contribution in [-0.4, -0.2) is 95.9 Å². The molecule has 5 unspecified atom stereocenters. The van der Waals surface area contributed by atoms with Gasteiger partial charge in [0.2, 0.25) is 0 Å². The molecule has 0 fully saturated rings. The maximum absolute atomic E-state index is 12.9. The minimum atomic E-state index is -4.95. The van der Waals surface area contributed by atoms with Gasteiger partial charge in [-0.1, -0.05) is 222 Å². The van der Waals surface area contributed by atoms with Gasteiger partial charge in [0.25, 0.3) is 0 Å². The fourth-order valence-electron chi connectivity index (χ4n) is 7.67. The molecule has 18 heteroatoms. The van der Waals surface area contributed by atoms with Crippen LogP contribution in [0.15, 0.2) is 182 Å². The molecule has 0 saturated heterocycles. The van der Waals surface area contributed by atoms with E-state index < -0.39 is 91.5 Å². The Morgan fingerprint density at radius 3 is 0.934 bits per heavy atom. The van der Waals surface area contributed by atoms with Crippen molar-refractivity contribution in [1.29, 1.82) is 0 Å². The zero-order valence-corrected chi connectivity index (χ0v) is 57.0. The first-order chi connectivity index (χ1) is 44.2. The van der Waals surface area contributed by atoms with Gasteiger partial charge in [-0.15, -0.1) is 0 Å². The normalized spacial score (nSPS) is 15.4. The number of ether oxygens (including phenoxy) is 3. The summed E-state index contributed by atoms with van der Waals surface area (Å²) in [5.41, 5.74) is 0. The third kappa shape index (κ3) is 65.9. The molecule has 0 aromatic heterocycles. The maximum Gasteiger partial charge on any atom is 0.472 e. The van der Waals surface area contributed by atoms with Crippen molar-refractivity contribution in [1.82, 2.24) is 0 Å². The van der Waals surface area contributed by atoms with E-state index in [4.69, 9.17) is 32.3 Å². The first-order valence-electron chi connectivity index (χ1n) is 33.1. The Labute approximate surface area is 547 Å². The number of carbonyl (C=O) groups excluding carboxylic acids is 3. The van der Waals surface area contributed by atoms with E-state index in [0.29, 0.717) is 25.7 Å². The van der Waals surface area contributed by atoms with Gasteiger partial charge in [0.05, 0.1) is 26.4 Å². The summed E-state index contributed by atoms with van der Waals surface area (Å²) in [6, 6.07) is 0. The van der Waals surface area contributed by atoms with Crippen molar-refractivity contribution in [3.05, 3.63) is 182 Å². The van der Waals surface area contributed by atoms with Crippen molar-refractivity contribution < 1.29 is 75.8 Å². The molecule has 5 atom stereocenters. The molecule has 0 spiro atoms. The number of unbranched alkanes of at least 4 members (excludes halogenated alkanes) is 7. The van der Waals surface area contributed by atoms with E-state index in [9.17, 15) is 43.5 Å². The van der Waals surface area contributed by atoms with Crippen LogP contribution in [0.5, 0.6) is 0 Å². The van der Waals surface area contributed by atoms with Gasteiger partial charge < -0.3 is 34.2 Å². The second-order valence-corrected chi connectivity index (χ2v) is 24.0. The molecule has 512 valence electrons. The highest BCUT2D eigenvalue weighted by Crippen LogP contribution is 2.45. The number of esters is 3.